The van der Waals surface area contributed by atoms with Gasteiger partial charge in [-0.1, -0.05) is 6.07 Å². The zero-order chi connectivity index (χ0) is 14.8. The topological polar surface area (TPSA) is 48.7 Å². The van der Waals surface area contributed by atoms with E-state index >= 15 is 0 Å². The molecule has 20 heavy (non-hydrogen) atoms. The lowest BCUT2D eigenvalue weighted by Gasteiger charge is -2.11. The minimum Gasteiger partial charge on any atom is -0.339 e. The van der Waals surface area contributed by atoms with Crippen LogP contribution in [0.1, 0.15) is 11.1 Å². The molecule has 1 aromatic heterocycles. The van der Waals surface area contributed by atoms with E-state index in [9.17, 15) is 13.2 Å². The first-order valence-electron chi connectivity index (χ1n) is 5.41. The molecule has 1 heterocycles. The zero-order valence-electron chi connectivity index (χ0n) is 9.87. The highest BCUT2D eigenvalue weighted by Gasteiger charge is 2.31. The Balaban J connectivity index is 2.36. The van der Waals surface area contributed by atoms with Crippen molar-refractivity contribution in [2.24, 2.45) is 0 Å². The molecule has 0 bridgehead atoms. The van der Waals surface area contributed by atoms with Gasteiger partial charge in [0.15, 0.2) is 0 Å². The summed E-state index contributed by atoms with van der Waals surface area (Å²) in [7, 11) is 0. The molecule has 0 radical (unpaired) electrons. The molecule has 0 spiro atoms. The largest absolute Gasteiger partial charge is 0.416 e. The third kappa shape index (κ3) is 3.27. The number of anilines is 2. The Labute approximate surface area is 121 Å². The summed E-state index contributed by atoms with van der Waals surface area (Å²) in [6.45, 7) is 0. The minimum atomic E-state index is -4.47. The van der Waals surface area contributed by atoms with Gasteiger partial charge in [0.05, 0.1) is 16.8 Å². The lowest BCUT2D eigenvalue weighted by atomic mass is 10.1. The van der Waals surface area contributed by atoms with E-state index in [0.717, 1.165) is 12.1 Å². The molecule has 1 aromatic carbocycles. The molecule has 102 valence electrons. The highest BCUT2D eigenvalue weighted by Crippen LogP contribution is 2.32. The lowest BCUT2D eigenvalue weighted by Crippen LogP contribution is -2.06. The predicted molar refractivity (Wildman–Crippen MR) is 71.4 cm³/mol. The monoisotopic (exact) mass is 341 g/mol. The van der Waals surface area contributed by atoms with Crippen LogP contribution in [-0.2, 0) is 6.18 Å². The van der Waals surface area contributed by atoms with Crippen LogP contribution in [-0.4, -0.2) is 4.98 Å². The molecule has 2 rings (SSSR count). The second-order valence-electron chi connectivity index (χ2n) is 3.84. The van der Waals surface area contributed by atoms with Gasteiger partial charge >= 0.3 is 6.18 Å². The second-order valence-corrected chi connectivity index (χ2v) is 4.65. The summed E-state index contributed by atoms with van der Waals surface area (Å²) in [6, 6.07) is 9.75. The summed E-state index contributed by atoms with van der Waals surface area (Å²) in [4.78, 5) is 4.09. The van der Waals surface area contributed by atoms with Crippen molar-refractivity contribution in [2.45, 2.75) is 6.18 Å². The smallest absolute Gasteiger partial charge is 0.339 e. The van der Waals surface area contributed by atoms with E-state index in [1.807, 2.05) is 0 Å². The number of benzene rings is 1. The van der Waals surface area contributed by atoms with Crippen molar-refractivity contribution in [3.63, 3.8) is 0 Å². The molecule has 0 saturated carbocycles. The average Bonchev–Trinajstić information content (AvgIpc) is 2.38. The Bertz CT molecular complexity index is 677. The number of halogens is 4. The van der Waals surface area contributed by atoms with Crippen molar-refractivity contribution in [1.29, 1.82) is 5.26 Å². The van der Waals surface area contributed by atoms with Gasteiger partial charge in [-0.05, 0) is 46.3 Å². The highest BCUT2D eigenvalue weighted by atomic mass is 79.9. The first-order valence-corrected chi connectivity index (χ1v) is 6.20. The summed E-state index contributed by atoms with van der Waals surface area (Å²) in [5.41, 5.74) is -0.686. The summed E-state index contributed by atoms with van der Waals surface area (Å²) in [5, 5.41) is 11.8. The first kappa shape index (κ1) is 14.3. The molecule has 1 N–H and O–H groups in total. The molecule has 3 nitrogen and oxygen atoms in total. The van der Waals surface area contributed by atoms with E-state index in [1.165, 1.54) is 6.07 Å². The molecular weight excluding hydrogens is 335 g/mol. The normalized spacial score (nSPS) is 10.9. The lowest BCUT2D eigenvalue weighted by molar-refractivity contribution is -0.137. The number of nitrogens with one attached hydrogen (secondary N) is 1. The van der Waals surface area contributed by atoms with Crippen LogP contribution in [0.4, 0.5) is 24.7 Å². The van der Waals surface area contributed by atoms with Crippen molar-refractivity contribution in [2.75, 3.05) is 5.32 Å². The van der Waals surface area contributed by atoms with Gasteiger partial charge in [0.25, 0.3) is 0 Å². The first-order chi connectivity index (χ1) is 9.40. The summed E-state index contributed by atoms with van der Waals surface area (Å²) in [5.74, 6) is 0.427. The fourth-order valence-electron chi connectivity index (χ4n) is 1.54. The number of nitrogens with zero attached hydrogens (tertiary/aromatic N) is 2. The number of hydrogen-bond donors (Lipinski definition) is 1. The molecule has 2 aromatic rings. The Morgan fingerprint density at radius 1 is 1.20 bits per heavy atom. The molecule has 0 aliphatic heterocycles. The van der Waals surface area contributed by atoms with Crippen LogP contribution >= 0.6 is 15.9 Å². The van der Waals surface area contributed by atoms with Crippen LogP contribution in [0.5, 0.6) is 0 Å². The highest BCUT2D eigenvalue weighted by molar-refractivity contribution is 9.10. The summed E-state index contributed by atoms with van der Waals surface area (Å²) in [6.07, 6.45) is -4.47. The standard InChI is InChI=1S/C13H7BrF3N3/c14-11-2-1-3-12(20-11)19-10-5-4-9(13(15,16)17)6-8(10)7-18/h1-6H,(H,19,20). The molecule has 0 aliphatic rings. The van der Waals surface area contributed by atoms with E-state index < -0.39 is 11.7 Å². The number of rotatable bonds is 2. The van der Waals surface area contributed by atoms with E-state index in [2.05, 4.69) is 26.2 Å². The van der Waals surface area contributed by atoms with Gasteiger partial charge < -0.3 is 5.32 Å². The fourth-order valence-corrected chi connectivity index (χ4v) is 1.88. The van der Waals surface area contributed by atoms with Crippen molar-refractivity contribution < 1.29 is 13.2 Å². The number of aromatic nitrogens is 1. The van der Waals surface area contributed by atoms with Gasteiger partial charge in [0, 0.05) is 0 Å². The predicted octanol–water partition coefficient (Wildman–Crippen LogP) is 4.48. The summed E-state index contributed by atoms with van der Waals surface area (Å²) < 4.78 is 38.3. The Morgan fingerprint density at radius 3 is 2.55 bits per heavy atom. The van der Waals surface area contributed by atoms with E-state index in [4.69, 9.17) is 5.26 Å². The quantitative estimate of drug-likeness (QED) is 0.819. The Hall–Kier alpha value is -2.07. The molecule has 0 amide bonds. The van der Waals surface area contributed by atoms with Crippen LogP contribution in [0.2, 0.25) is 0 Å². The summed E-state index contributed by atoms with van der Waals surface area (Å²) >= 11 is 3.18. The molecular formula is C13H7BrF3N3. The maximum absolute atomic E-state index is 12.6. The molecule has 0 saturated heterocycles. The van der Waals surface area contributed by atoms with Crippen molar-refractivity contribution in [3.05, 3.63) is 52.1 Å². The average molecular weight is 342 g/mol. The molecule has 7 heteroatoms. The van der Waals surface area contributed by atoms with E-state index in [-0.39, 0.29) is 11.3 Å². The van der Waals surface area contributed by atoms with E-state index in [0.29, 0.717) is 10.4 Å². The van der Waals surface area contributed by atoms with Gasteiger partial charge in [0.1, 0.15) is 16.5 Å². The Morgan fingerprint density at radius 2 is 1.95 bits per heavy atom. The van der Waals surface area contributed by atoms with Gasteiger partial charge in [-0.15, -0.1) is 0 Å². The zero-order valence-corrected chi connectivity index (χ0v) is 11.5. The molecule has 0 atom stereocenters. The molecule has 0 aliphatic carbocycles. The molecule has 0 unspecified atom stereocenters. The maximum atomic E-state index is 12.6. The second kappa shape index (κ2) is 5.51. The van der Waals surface area contributed by atoms with Crippen LogP contribution in [0.15, 0.2) is 41.0 Å². The van der Waals surface area contributed by atoms with Crippen molar-refractivity contribution in [3.8, 4) is 6.07 Å². The van der Waals surface area contributed by atoms with Gasteiger partial charge in [0.2, 0.25) is 0 Å². The fraction of sp³-hybridized carbons (Fsp3) is 0.0769. The van der Waals surface area contributed by atoms with Crippen LogP contribution in [0.25, 0.3) is 0 Å². The number of nitriles is 1. The van der Waals surface area contributed by atoms with Crippen LogP contribution in [0.3, 0.4) is 0 Å². The van der Waals surface area contributed by atoms with Crippen molar-refractivity contribution in [1.82, 2.24) is 4.98 Å². The van der Waals surface area contributed by atoms with Crippen molar-refractivity contribution >= 4 is 27.4 Å². The van der Waals surface area contributed by atoms with E-state index in [1.54, 1.807) is 24.3 Å². The SMILES string of the molecule is N#Cc1cc(C(F)(F)F)ccc1Nc1cccc(Br)n1. The molecule has 0 fully saturated rings. The number of alkyl halides is 3. The van der Waals surface area contributed by atoms with Crippen LogP contribution in [0, 0.1) is 11.3 Å². The van der Waals surface area contributed by atoms with Gasteiger partial charge in [-0.25, -0.2) is 4.98 Å². The van der Waals surface area contributed by atoms with Crippen LogP contribution < -0.4 is 5.32 Å². The third-order valence-electron chi connectivity index (χ3n) is 2.45. The van der Waals surface area contributed by atoms with Gasteiger partial charge in [-0.3, -0.25) is 0 Å². The number of hydrogen-bond acceptors (Lipinski definition) is 3. The Kier molecular flexibility index (Phi) is 3.95. The minimum absolute atomic E-state index is 0.0957. The maximum Gasteiger partial charge on any atom is 0.416 e. The number of pyridine rings is 1. The third-order valence-corrected chi connectivity index (χ3v) is 2.89. The van der Waals surface area contributed by atoms with Gasteiger partial charge in [-0.2, -0.15) is 18.4 Å².